The second kappa shape index (κ2) is 32.8. The Morgan fingerprint density at radius 2 is 1.14 bits per heavy atom. The second-order valence-corrected chi connectivity index (χ2v) is 26.4. The second-order valence-electron chi connectivity index (χ2n) is 26.0. The first-order valence-corrected chi connectivity index (χ1v) is 31.9. The van der Waals surface area contributed by atoms with Crippen LogP contribution in [-0.2, 0) is 71.8 Å². The zero-order chi connectivity index (χ0) is 68.0. The van der Waals surface area contributed by atoms with Gasteiger partial charge in [0.1, 0.15) is 41.8 Å². The number of hydrogen-bond donors (Lipinski definition) is 4. The summed E-state index contributed by atoms with van der Waals surface area (Å²) in [6.45, 7) is 11.0. The van der Waals surface area contributed by atoms with Gasteiger partial charge in [0.05, 0.1) is 25.2 Å². The smallest absolute Gasteiger partial charge is 0.351 e. The van der Waals surface area contributed by atoms with E-state index in [1.54, 1.807) is 38.1 Å². The first kappa shape index (κ1) is 74.4. The lowest BCUT2D eigenvalue weighted by Crippen LogP contribution is -2.64. The number of amides is 11. The molecule has 1 spiro atoms. The van der Waals surface area contributed by atoms with Crippen LogP contribution in [0.25, 0.3) is 0 Å². The maximum absolute atomic E-state index is 15.0. The van der Waals surface area contributed by atoms with Crippen LogP contribution in [0.1, 0.15) is 136 Å². The highest BCUT2D eigenvalue weighted by atomic mass is 35.5. The van der Waals surface area contributed by atoms with Gasteiger partial charge in [0.2, 0.25) is 65.0 Å². The van der Waals surface area contributed by atoms with E-state index < -0.39 is 150 Å². The number of nitrogens with one attached hydrogen (secondary N) is 4. The molecule has 26 heteroatoms. The lowest BCUT2D eigenvalue weighted by atomic mass is 9.92. The van der Waals surface area contributed by atoms with Crippen molar-refractivity contribution in [2.75, 3.05) is 68.5 Å². The number of alkyl halides is 3. The molecule has 1 saturated carbocycles. The molecule has 3 fully saturated rings. The first-order valence-electron chi connectivity index (χ1n) is 31.5. The van der Waals surface area contributed by atoms with E-state index in [0.29, 0.717) is 41.8 Å². The zero-order valence-corrected chi connectivity index (χ0v) is 55.8. The van der Waals surface area contributed by atoms with E-state index >= 15 is 4.79 Å². The summed E-state index contributed by atoms with van der Waals surface area (Å²) in [7, 11) is 8.36. The molecule has 2 aromatic carbocycles. The third-order valence-corrected chi connectivity index (χ3v) is 18.0. The Hall–Kier alpha value is -7.31. The van der Waals surface area contributed by atoms with Crippen molar-refractivity contribution in [3.63, 3.8) is 0 Å². The summed E-state index contributed by atoms with van der Waals surface area (Å²) in [5.74, 6) is -7.79. The SMILES string of the molecule is CCC(C)[C@@H]1NC(=O)[C@H](CC(C)C)N(C)C(=O)C[C@@H](C)NC(=O)[C@H](CC(C)C)N(C)C(=O)C2(CCCC2)NC(=O)[C@@H]2CCCN2C(=O)[C@H](CCc2ccc(C(F)(F)F)cc2)NC(=O)CN(C)C(=O)[C@H](Cc2ccc(Cl)cc2)N(C)C(=O)CN(C)C(=O)CN(C)C1=O. The van der Waals surface area contributed by atoms with Gasteiger partial charge in [-0.3, -0.25) is 52.7 Å². The number of halogens is 4. The van der Waals surface area contributed by atoms with Crippen molar-refractivity contribution in [2.24, 2.45) is 17.8 Å². The predicted octanol–water partition coefficient (Wildman–Crippen LogP) is 4.83. The van der Waals surface area contributed by atoms with Crippen molar-refractivity contribution in [1.29, 1.82) is 0 Å². The monoisotopic (exact) mass is 1300 g/mol. The van der Waals surface area contributed by atoms with E-state index in [1.807, 2.05) is 34.6 Å². The van der Waals surface area contributed by atoms with E-state index in [9.17, 15) is 61.1 Å². The summed E-state index contributed by atoms with van der Waals surface area (Å²) in [6, 6.07) is 2.87. The topological polar surface area (TPSA) is 259 Å². The van der Waals surface area contributed by atoms with Crippen molar-refractivity contribution in [3.8, 4) is 0 Å². The van der Waals surface area contributed by atoms with E-state index in [1.165, 1.54) is 69.1 Å². The molecule has 5 rings (SSSR count). The number of carbonyl (C=O) groups excluding carboxylic acids is 11. The number of nitrogens with zero attached hydrogens (tertiary/aromatic N) is 7. The Morgan fingerprint density at radius 1 is 0.604 bits per heavy atom. The zero-order valence-electron chi connectivity index (χ0n) is 55.0. The van der Waals surface area contributed by atoms with Crippen LogP contribution in [0.15, 0.2) is 48.5 Å². The first-order chi connectivity index (χ1) is 42.6. The molecular formula is C65H95ClF3N11O11. The van der Waals surface area contributed by atoms with Crippen LogP contribution < -0.4 is 21.3 Å². The van der Waals surface area contributed by atoms with Gasteiger partial charge in [0.25, 0.3) is 0 Å². The van der Waals surface area contributed by atoms with Crippen molar-refractivity contribution >= 4 is 76.6 Å². The standard InChI is InChI=1S/C65H95ClF3N11O11/c1-14-41(6)56-62(90)76(10)37-54(83)74(8)38-55(84)78(12)51(35-44-21-26-46(66)27-22-44)61(89)75(9)36-52(81)71-47(28-23-43-19-24-45(25-20-43)65(67,68)69)60(88)80-31-17-18-48(80)59(87)73-64(29-15-16-30-64)63(91)79(13)50(33-40(4)5)57(85)70-42(7)34-53(82)77(11)49(32-39(2)3)58(86)72-56/h19-22,24-27,39-42,47-51,56H,14-18,23,28-38H2,1-13H3,(H,70,85)(H,71,81)(H,72,86)(H,73,87)/t41?,42-,47+,48+,49+,50+,51+,56+/m1/s1. The molecule has 1 unspecified atom stereocenters. The van der Waals surface area contributed by atoms with Crippen LogP contribution in [0.5, 0.6) is 0 Å². The van der Waals surface area contributed by atoms with E-state index in [-0.39, 0.29) is 76.2 Å². The number of fused-ring (bicyclic) bond motifs is 1. The maximum Gasteiger partial charge on any atom is 0.416 e. The Morgan fingerprint density at radius 3 is 1.71 bits per heavy atom. The summed E-state index contributed by atoms with van der Waals surface area (Å²) >= 11 is 6.21. The molecule has 3 aliphatic rings. The Kier molecular flexibility index (Phi) is 26.8. The Balaban J connectivity index is 1.56. The highest BCUT2D eigenvalue weighted by Crippen LogP contribution is 2.34. The van der Waals surface area contributed by atoms with Crippen LogP contribution in [0.4, 0.5) is 13.2 Å². The highest BCUT2D eigenvalue weighted by Gasteiger charge is 2.49. The largest absolute Gasteiger partial charge is 0.416 e. The number of rotatable bonds is 11. The van der Waals surface area contributed by atoms with Gasteiger partial charge in [-0.1, -0.05) is 96.7 Å². The molecule has 0 radical (unpaired) electrons. The quantitative estimate of drug-likeness (QED) is 0.237. The fraction of sp³-hybridized carbons (Fsp3) is 0.646. The molecule has 1 aliphatic carbocycles. The molecule has 4 N–H and O–H groups in total. The average Bonchev–Trinajstić information content (AvgIpc) is 1.74. The van der Waals surface area contributed by atoms with Crippen molar-refractivity contribution in [2.45, 2.75) is 186 Å². The molecule has 91 heavy (non-hydrogen) atoms. The summed E-state index contributed by atoms with van der Waals surface area (Å²) in [5.41, 5.74) is -1.41. The summed E-state index contributed by atoms with van der Waals surface area (Å²) < 4.78 is 40.8. The summed E-state index contributed by atoms with van der Waals surface area (Å²) in [6.07, 6.45) is -2.28. The average molecular weight is 1300 g/mol. The summed E-state index contributed by atoms with van der Waals surface area (Å²) in [5, 5.41) is 11.9. The lowest BCUT2D eigenvalue weighted by molar-refractivity contribution is -0.149. The predicted molar refractivity (Wildman–Crippen MR) is 336 cm³/mol. The van der Waals surface area contributed by atoms with E-state index in [2.05, 4.69) is 21.3 Å². The van der Waals surface area contributed by atoms with Crippen LogP contribution in [0.3, 0.4) is 0 Å². The van der Waals surface area contributed by atoms with Gasteiger partial charge in [0, 0.05) is 72.7 Å². The Bertz CT molecular complexity index is 2930. The Labute approximate surface area is 538 Å². The minimum Gasteiger partial charge on any atom is -0.351 e. The molecule has 0 bridgehead atoms. The molecule has 2 aromatic rings. The normalized spacial score (nSPS) is 24.9. The number of aryl methyl sites for hydroxylation is 1. The minimum absolute atomic E-state index is 0.00925. The number of benzene rings is 2. The molecule has 22 nitrogen and oxygen atoms in total. The van der Waals surface area contributed by atoms with Crippen molar-refractivity contribution in [3.05, 3.63) is 70.2 Å². The van der Waals surface area contributed by atoms with Gasteiger partial charge >= 0.3 is 6.18 Å². The molecule has 0 aromatic heterocycles. The molecule has 8 atom stereocenters. The lowest BCUT2D eigenvalue weighted by Gasteiger charge is -2.39. The van der Waals surface area contributed by atoms with Gasteiger partial charge < -0.3 is 55.6 Å². The third-order valence-electron chi connectivity index (χ3n) is 17.8. The van der Waals surface area contributed by atoms with Crippen LogP contribution in [0.2, 0.25) is 5.02 Å². The highest BCUT2D eigenvalue weighted by molar-refractivity contribution is 6.30. The van der Waals surface area contributed by atoms with Crippen LogP contribution in [-0.4, -0.2) is 216 Å². The van der Waals surface area contributed by atoms with Crippen molar-refractivity contribution in [1.82, 2.24) is 55.6 Å². The van der Waals surface area contributed by atoms with E-state index in [4.69, 9.17) is 11.6 Å². The van der Waals surface area contributed by atoms with Gasteiger partial charge in [-0.15, -0.1) is 0 Å². The summed E-state index contributed by atoms with van der Waals surface area (Å²) in [4.78, 5) is 168. The van der Waals surface area contributed by atoms with Gasteiger partial charge in [0.15, 0.2) is 0 Å². The van der Waals surface area contributed by atoms with Crippen LogP contribution in [0, 0.1) is 17.8 Å². The number of likely N-dealkylation sites (N-methyl/N-ethyl adjacent to an activating group) is 6. The number of hydrogen-bond acceptors (Lipinski definition) is 11. The molecule has 11 amide bonds. The van der Waals surface area contributed by atoms with Gasteiger partial charge in [-0.2, -0.15) is 13.2 Å². The molecule has 2 saturated heterocycles. The number of carbonyl (C=O) groups is 11. The minimum atomic E-state index is -4.62. The fourth-order valence-electron chi connectivity index (χ4n) is 12.0. The molecule has 2 aliphatic heterocycles. The van der Waals surface area contributed by atoms with Gasteiger partial charge in [-0.25, -0.2) is 0 Å². The maximum atomic E-state index is 15.0. The molecule has 2 heterocycles. The van der Waals surface area contributed by atoms with Gasteiger partial charge in [-0.05, 0) is 111 Å². The third kappa shape index (κ3) is 20.1. The fourth-order valence-corrected chi connectivity index (χ4v) is 12.1. The molecule has 504 valence electrons. The molecular weight excluding hydrogens is 1200 g/mol. The van der Waals surface area contributed by atoms with Crippen molar-refractivity contribution < 1.29 is 65.9 Å². The van der Waals surface area contributed by atoms with E-state index in [0.717, 1.165) is 31.7 Å². The van der Waals surface area contributed by atoms with Crippen LogP contribution >= 0.6 is 11.6 Å².